The Bertz CT molecular complexity index is 651. The van der Waals surface area contributed by atoms with Crippen molar-refractivity contribution in [1.82, 2.24) is 10.2 Å². The molecule has 1 unspecified atom stereocenters. The van der Waals surface area contributed by atoms with Crippen LogP contribution in [0.2, 0.25) is 0 Å². The van der Waals surface area contributed by atoms with Crippen molar-refractivity contribution in [1.29, 1.82) is 0 Å². The summed E-state index contributed by atoms with van der Waals surface area (Å²) in [7, 11) is 1.76. The first kappa shape index (κ1) is 16.8. The number of anilines is 1. The molecule has 1 aromatic carbocycles. The van der Waals surface area contributed by atoms with Crippen LogP contribution >= 0.6 is 0 Å². The van der Waals surface area contributed by atoms with Gasteiger partial charge in [-0.3, -0.25) is 0 Å². The molecule has 2 heterocycles. The van der Waals surface area contributed by atoms with Gasteiger partial charge in [-0.15, -0.1) is 10.2 Å². The summed E-state index contributed by atoms with van der Waals surface area (Å²) in [5.74, 6) is 0.646. The first-order valence-corrected chi connectivity index (χ1v) is 8.55. The minimum Gasteiger partial charge on any atom is -0.382 e. The molecule has 128 valence electrons. The second-order valence-corrected chi connectivity index (χ2v) is 6.45. The average Bonchev–Trinajstić information content (AvgIpc) is 3.00. The maximum absolute atomic E-state index is 13.0. The Hall–Kier alpha value is -2.01. The van der Waals surface area contributed by atoms with Gasteiger partial charge in [-0.25, -0.2) is 4.39 Å². The lowest BCUT2D eigenvalue weighted by Gasteiger charge is -2.38. The van der Waals surface area contributed by atoms with Crippen molar-refractivity contribution in [2.75, 3.05) is 25.2 Å². The number of nitrogens with zero attached hydrogens (tertiary/aromatic N) is 3. The molecule has 0 radical (unpaired) electrons. The van der Waals surface area contributed by atoms with Crippen LogP contribution in [-0.2, 0) is 4.74 Å². The molecule has 0 N–H and O–H groups in total. The standard InChI is InChI=1S/C19H24FN3O/c1-3-11-19(14-24-2)12-4-13-23(19)18-10-9-17(21-22-18)15-5-7-16(20)8-6-15/h5-10H,3-4,11-14H2,1-2H3. The fourth-order valence-corrected chi connectivity index (χ4v) is 3.76. The highest BCUT2D eigenvalue weighted by atomic mass is 19.1. The number of rotatable bonds is 6. The number of benzene rings is 1. The summed E-state index contributed by atoms with van der Waals surface area (Å²) in [6, 6.07) is 10.3. The Morgan fingerprint density at radius 1 is 1.17 bits per heavy atom. The fourth-order valence-electron chi connectivity index (χ4n) is 3.76. The molecule has 0 spiro atoms. The molecule has 1 saturated heterocycles. The molecule has 0 saturated carbocycles. The molecule has 1 aromatic heterocycles. The van der Waals surface area contributed by atoms with Crippen LogP contribution in [0.1, 0.15) is 32.6 Å². The fraction of sp³-hybridized carbons (Fsp3) is 0.474. The van der Waals surface area contributed by atoms with Gasteiger partial charge in [0.15, 0.2) is 5.82 Å². The van der Waals surface area contributed by atoms with E-state index in [2.05, 4.69) is 22.0 Å². The van der Waals surface area contributed by atoms with Gasteiger partial charge in [0.05, 0.1) is 17.8 Å². The zero-order chi connectivity index (χ0) is 17.0. The third-order valence-electron chi connectivity index (χ3n) is 4.79. The Kier molecular flexibility index (Phi) is 5.09. The van der Waals surface area contributed by atoms with E-state index in [9.17, 15) is 4.39 Å². The van der Waals surface area contributed by atoms with E-state index in [1.54, 1.807) is 19.2 Å². The summed E-state index contributed by atoms with van der Waals surface area (Å²) in [5, 5.41) is 8.80. The number of aromatic nitrogens is 2. The van der Waals surface area contributed by atoms with E-state index in [0.29, 0.717) is 6.61 Å². The van der Waals surface area contributed by atoms with Crippen molar-refractivity contribution in [2.24, 2.45) is 0 Å². The third kappa shape index (κ3) is 3.26. The van der Waals surface area contributed by atoms with Gasteiger partial charge in [-0.2, -0.15) is 0 Å². The summed E-state index contributed by atoms with van der Waals surface area (Å²) in [6.07, 6.45) is 4.46. The quantitative estimate of drug-likeness (QED) is 0.801. The minimum atomic E-state index is -0.246. The number of halogens is 1. The number of ether oxygens (including phenoxy) is 1. The molecule has 0 aliphatic carbocycles. The van der Waals surface area contributed by atoms with Crippen LogP contribution in [0.25, 0.3) is 11.3 Å². The lowest BCUT2D eigenvalue weighted by molar-refractivity contribution is 0.127. The molecule has 4 nitrogen and oxygen atoms in total. The van der Waals surface area contributed by atoms with Gasteiger partial charge in [0.2, 0.25) is 0 Å². The molecule has 5 heteroatoms. The van der Waals surface area contributed by atoms with Crippen molar-refractivity contribution in [2.45, 2.75) is 38.1 Å². The van der Waals surface area contributed by atoms with E-state index >= 15 is 0 Å². The van der Waals surface area contributed by atoms with Crippen molar-refractivity contribution < 1.29 is 9.13 Å². The Morgan fingerprint density at radius 3 is 2.58 bits per heavy atom. The van der Waals surface area contributed by atoms with Gasteiger partial charge in [-0.05, 0) is 55.7 Å². The molecule has 0 bridgehead atoms. The zero-order valence-electron chi connectivity index (χ0n) is 14.3. The van der Waals surface area contributed by atoms with Gasteiger partial charge in [0, 0.05) is 19.2 Å². The second kappa shape index (κ2) is 7.26. The molecule has 24 heavy (non-hydrogen) atoms. The summed E-state index contributed by atoms with van der Waals surface area (Å²) in [4.78, 5) is 2.35. The molecule has 1 atom stereocenters. The molecule has 0 amide bonds. The predicted molar refractivity (Wildman–Crippen MR) is 93.5 cm³/mol. The number of hydrogen-bond donors (Lipinski definition) is 0. The lowest BCUT2D eigenvalue weighted by Crippen LogP contribution is -2.48. The topological polar surface area (TPSA) is 38.2 Å². The van der Waals surface area contributed by atoms with E-state index in [1.807, 2.05) is 12.1 Å². The highest BCUT2D eigenvalue weighted by Crippen LogP contribution is 2.37. The van der Waals surface area contributed by atoms with E-state index in [1.165, 1.54) is 12.1 Å². The molecule has 3 rings (SSSR count). The van der Waals surface area contributed by atoms with Gasteiger partial charge in [0.1, 0.15) is 5.82 Å². The molecule has 2 aromatic rings. The van der Waals surface area contributed by atoms with E-state index in [0.717, 1.165) is 49.3 Å². The minimum absolute atomic E-state index is 0.0234. The molecule has 1 fully saturated rings. The van der Waals surface area contributed by atoms with Gasteiger partial charge in [0.25, 0.3) is 0 Å². The van der Waals surface area contributed by atoms with Gasteiger partial charge in [-0.1, -0.05) is 13.3 Å². The SMILES string of the molecule is CCCC1(COC)CCCN1c1ccc(-c2ccc(F)cc2)nn1. The maximum Gasteiger partial charge on any atom is 0.151 e. The first-order chi connectivity index (χ1) is 11.7. The maximum atomic E-state index is 13.0. The van der Waals surface area contributed by atoms with Crippen LogP contribution in [0.3, 0.4) is 0 Å². The van der Waals surface area contributed by atoms with E-state index < -0.39 is 0 Å². The molecular weight excluding hydrogens is 305 g/mol. The monoisotopic (exact) mass is 329 g/mol. The van der Waals surface area contributed by atoms with Crippen molar-refractivity contribution in [3.8, 4) is 11.3 Å². The van der Waals surface area contributed by atoms with E-state index in [4.69, 9.17) is 4.74 Å². The van der Waals surface area contributed by atoms with Crippen molar-refractivity contribution in [3.63, 3.8) is 0 Å². The van der Waals surface area contributed by atoms with Crippen LogP contribution in [0, 0.1) is 5.82 Å². The second-order valence-electron chi connectivity index (χ2n) is 6.45. The highest BCUT2D eigenvalue weighted by Gasteiger charge is 2.41. The summed E-state index contributed by atoms with van der Waals surface area (Å²) in [6.45, 7) is 3.90. The van der Waals surface area contributed by atoms with Crippen LogP contribution in [-0.4, -0.2) is 36.0 Å². The molecular formula is C19H24FN3O. The number of methoxy groups -OCH3 is 1. The Balaban J connectivity index is 1.85. The summed E-state index contributed by atoms with van der Waals surface area (Å²) in [5.41, 5.74) is 1.65. The summed E-state index contributed by atoms with van der Waals surface area (Å²) >= 11 is 0. The smallest absolute Gasteiger partial charge is 0.151 e. The van der Waals surface area contributed by atoms with Gasteiger partial charge >= 0.3 is 0 Å². The third-order valence-corrected chi connectivity index (χ3v) is 4.79. The zero-order valence-corrected chi connectivity index (χ0v) is 14.3. The van der Waals surface area contributed by atoms with Crippen molar-refractivity contribution >= 4 is 5.82 Å². The van der Waals surface area contributed by atoms with E-state index in [-0.39, 0.29) is 11.4 Å². The van der Waals surface area contributed by atoms with Crippen molar-refractivity contribution in [3.05, 3.63) is 42.2 Å². The van der Waals surface area contributed by atoms with Gasteiger partial charge < -0.3 is 9.64 Å². The number of hydrogen-bond acceptors (Lipinski definition) is 4. The average molecular weight is 329 g/mol. The molecule has 1 aliphatic rings. The summed E-state index contributed by atoms with van der Waals surface area (Å²) < 4.78 is 18.6. The largest absolute Gasteiger partial charge is 0.382 e. The first-order valence-electron chi connectivity index (χ1n) is 8.55. The Morgan fingerprint density at radius 2 is 1.96 bits per heavy atom. The van der Waals surface area contributed by atoms with Crippen LogP contribution in [0.5, 0.6) is 0 Å². The normalized spacial score (nSPS) is 20.5. The molecule has 1 aliphatic heterocycles. The lowest BCUT2D eigenvalue weighted by atomic mass is 9.91. The van der Waals surface area contributed by atoms with Crippen LogP contribution in [0.15, 0.2) is 36.4 Å². The highest BCUT2D eigenvalue weighted by molar-refractivity contribution is 5.60. The van der Waals surface area contributed by atoms with Crippen LogP contribution < -0.4 is 4.90 Å². The Labute approximate surface area is 142 Å². The van der Waals surface area contributed by atoms with Crippen LogP contribution in [0.4, 0.5) is 10.2 Å². The predicted octanol–water partition coefficient (Wildman–Crippen LogP) is 4.07.